The van der Waals surface area contributed by atoms with Crippen molar-refractivity contribution in [3.63, 3.8) is 0 Å². The quantitative estimate of drug-likeness (QED) is 0.679. The molecule has 124 valence electrons. The third-order valence-electron chi connectivity index (χ3n) is 4.24. The fraction of sp³-hybridized carbons (Fsp3) is 0.250. The zero-order chi connectivity index (χ0) is 17.2. The monoisotopic (exact) mass is 329 g/mol. The van der Waals surface area contributed by atoms with Gasteiger partial charge in [-0.2, -0.15) is 13.2 Å². The Balaban J connectivity index is 1.78. The lowest BCUT2D eigenvalue weighted by Gasteiger charge is -2.14. The van der Waals surface area contributed by atoms with Crippen LogP contribution >= 0.6 is 0 Å². The molecule has 0 amide bonds. The number of halogens is 3. The molecule has 0 spiro atoms. The molecular formula is C20H18F3N. The third kappa shape index (κ3) is 3.75. The number of hydrogen-bond acceptors (Lipinski definition) is 1. The largest absolute Gasteiger partial charge is 0.416 e. The summed E-state index contributed by atoms with van der Waals surface area (Å²) in [4.78, 5) is 4.75. The first-order chi connectivity index (χ1) is 11.4. The average molecular weight is 329 g/mol. The second kappa shape index (κ2) is 6.27. The molecule has 4 heteroatoms. The Morgan fingerprint density at radius 2 is 1.67 bits per heavy atom. The van der Waals surface area contributed by atoms with Crippen molar-refractivity contribution < 1.29 is 13.2 Å². The lowest BCUT2D eigenvalue weighted by Crippen LogP contribution is -2.13. The van der Waals surface area contributed by atoms with Crippen molar-refractivity contribution in [1.82, 2.24) is 0 Å². The van der Waals surface area contributed by atoms with Gasteiger partial charge in [0.1, 0.15) is 0 Å². The van der Waals surface area contributed by atoms with E-state index in [0.29, 0.717) is 0 Å². The molecule has 1 atom stereocenters. The molecule has 0 unspecified atom stereocenters. The molecule has 24 heavy (non-hydrogen) atoms. The van der Waals surface area contributed by atoms with E-state index < -0.39 is 11.7 Å². The third-order valence-corrected chi connectivity index (χ3v) is 4.24. The van der Waals surface area contributed by atoms with Crippen molar-refractivity contribution >= 4 is 11.8 Å². The summed E-state index contributed by atoms with van der Waals surface area (Å²) in [5.74, 6) is 0. The van der Waals surface area contributed by atoms with E-state index in [1.807, 2.05) is 43.3 Å². The molecule has 0 aliphatic carbocycles. The van der Waals surface area contributed by atoms with Crippen molar-refractivity contribution in [1.29, 1.82) is 0 Å². The van der Waals surface area contributed by atoms with Crippen LogP contribution in [0.4, 0.5) is 13.2 Å². The SMILES string of the molecule is C[C@]1(/C=C/c2ccccc2)CCC(c2ccc(C(F)(F)F)cc2)=N1. The van der Waals surface area contributed by atoms with Crippen LogP contribution in [0.5, 0.6) is 0 Å². The lowest BCUT2D eigenvalue weighted by molar-refractivity contribution is -0.137. The maximum Gasteiger partial charge on any atom is 0.416 e. The van der Waals surface area contributed by atoms with Gasteiger partial charge in [0.15, 0.2) is 0 Å². The van der Waals surface area contributed by atoms with Crippen LogP contribution in [0, 0.1) is 0 Å². The number of hydrogen-bond donors (Lipinski definition) is 0. The highest BCUT2D eigenvalue weighted by Crippen LogP contribution is 2.32. The van der Waals surface area contributed by atoms with Gasteiger partial charge in [-0.25, -0.2) is 0 Å². The highest BCUT2D eigenvalue weighted by atomic mass is 19.4. The fourth-order valence-corrected chi connectivity index (χ4v) is 2.81. The molecule has 0 saturated heterocycles. The maximum atomic E-state index is 12.6. The van der Waals surface area contributed by atoms with Crippen LogP contribution in [0.1, 0.15) is 36.5 Å². The highest BCUT2D eigenvalue weighted by Gasteiger charge is 2.31. The molecule has 1 heterocycles. The van der Waals surface area contributed by atoms with Gasteiger partial charge in [0, 0.05) is 5.71 Å². The van der Waals surface area contributed by atoms with Gasteiger partial charge in [0.05, 0.1) is 11.1 Å². The smallest absolute Gasteiger partial charge is 0.279 e. The van der Waals surface area contributed by atoms with Crippen molar-refractivity contribution in [2.45, 2.75) is 31.5 Å². The number of alkyl halides is 3. The first-order valence-electron chi connectivity index (χ1n) is 7.86. The second-order valence-corrected chi connectivity index (χ2v) is 6.23. The summed E-state index contributed by atoms with van der Waals surface area (Å²) in [5.41, 5.74) is 1.80. The van der Waals surface area contributed by atoms with Gasteiger partial charge in [-0.05, 0) is 43.0 Å². The predicted octanol–water partition coefficient (Wildman–Crippen LogP) is 5.76. The molecule has 0 radical (unpaired) electrons. The van der Waals surface area contributed by atoms with Crippen LogP contribution < -0.4 is 0 Å². The van der Waals surface area contributed by atoms with Crippen LogP contribution in [-0.4, -0.2) is 11.3 Å². The highest BCUT2D eigenvalue weighted by molar-refractivity contribution is 6.02. The topological polar surface area (TPSA) is 12.4 Å². The Hall–Kier alpha value is -2.36. The summed E-state index contributed by atoms with van der Waals surface area (Å²) in [7, 11) is 0. The predicted molar refractivity (Wildman–Crippen MR) is 91.1 cm³/mol. The van der Waals surface area contributed by atoms with Crippen LogP contribution in [0.15, 0.2) is 65.7 Å². The van der Waals surface area contributed by atoms with Crippen LogP contribution in [0.3, 0.4) is 0 Å². The van der Waals surface area contributed by atoms with E-state index in [9.17, 15) is 13.2 Å². The van der Waals surface area contributed by atoms with Crippen LogP contribution in [-0.2, 0) is 6.18 Å². The molecule has 0 bridgehead atoms. The normalized spacial score (nSPS) is 21.2. The summed E-state index contributed by atoms with van der Waals surface area (Å²) in [5, 5.41) is 0. The molecule has 3 rings (SSSR count). The van der Waals surface area contributed by atoms with E-state index in [1.54, 1.807) is 0 Å². The molecule has 0 N–H and O–H groups in total. The molecule has 2 aromatic carbocycles. The Labute approximate surface area is 139 Å². The average Bonchev–Trinajstić information content (AvgIpc) is 2.96. The molecule has 0 fully saturated rings. The summed E-state index contributed by atoms with van der Waals surface area (Å²) < 4.78 is 37.9. The summed E-state index contributed by atoms with van der Waals surface area (Å²) in [6, 6.07) is 15.2. The molecule has 1 aliphatic heterocycles. The fourth-order valence-electron chi connectivity index (χ4n) is 2.81. The number of rotatable bonds is 3. The molecule has 2 aromatic rings. The Morgan fingerprint density at radius 1 is 1.00 bits per heavy atom. The molecule has 1 nitrogen and oxygen atoms in total. The van der Waals surface area contributed by atoms with E-state index in [4.69, 9.17) is 4.99 Å². The van der Waals surface area contributed by atoms with E-state index in [-0.39, 0.29) is 5.54 Å². The maximum absolute atomic E-state index is 12.6. The number of benzene rings is 2. The van der Waals surface area contributed by atoms with Gasteiger partial charge < -0.3 is 0 Å². The zero-order valence-corrected chi connectivity index (χ0v) is 13.3. The first-order valence-corrected chi connectivity index (χ1v) is 7.86. The zero-order valence-electron chi connectivity index (χ0n) is 13.3. The van der Waals surface area contributed by atoms with E-state index in [1.165, 1.54) is 12.1 Å². The van der Waals surface area contributed by atoms with E-state index in [0.717, 1.165) is 41.8 Å². The lowest BCUT2D eigenvalue weighted by atomic mass is 9.97. The van der Waals surface area contributed by atoms with Gasteiger partial charge >= 0.3 is 6.18 Å². The Bertz CT molecular complexity index is 758. The van der Waals surface area contributed by atoms with Crippen molar-refractivity contribution in [2.24, 2.45) is 4.99 Å². The molecule has 0 aromatic heterocycles. The Kier molecular flexibility index (Phi) is 4.31. The summed E-state index contributed by atoms with van der Waals surface area (Å²) >= 11 is 0. The van der Waals surface area contributed by atoms with Gasteiger partial charge in [0.2, 0.25) is 0 Å². The number of nitrogens with zero attached hydrogens (tertiary/aromatic N) is 1. The van der Waals surface area contributed by atoms with Gasteiger partial charge in [-0.15, -0.1) is 0 Å². The van der Waals surface area contributed by atoms with E-state index in [2.05, 4.69) is 6.08 Å². The molecule has 1 aliphatic rings. The van der Waals surface area contributed by atoms with Crippen molar-refractivity contribution in [3.8, 4) is 0 Å². The minimum Gasteiger partial charge on any atom is -0.279 e. The molecular weight excluding hydrogens is 311 g/mol. The minimum atomic E-state index is -4.30. The number of aliphatic imine (C=N–C) groups is 1. The molecule has 0 saturated carbocycles. The van der Waals surface area contributed by atoms with Gasteiger partial charge in [-0.1, -0.05) is 54.6 Å². The Morgan fingerprint density at radius 3 is 2.29 bits per heavy atom. The summed E-state index contributed by atoms with van der Waals surface area (Å²) in [6.07, 6.45) is 1.43. The van der Waals surface area contributed by atoms with Crippen LogP contribution in [0.2, 0.25) is 0 Å². The first kappa shape index (κ1) is 16.5. The van der Waals surface area contributed by atoms with Crippen LogP contribution in [0.25, 0.3) is 6.08 Å². The van der Waals surface area contributed by atoms with Gasteiger partial charge in [0.25, 0.3) is 0 Å². The van der Waals surface area contributed by atoms with E-state index >= 15 is 0 Å². The second-order valence-electron chi connectivity index (χ2n) is 6.23. The summed E-state index contributed by atoms with van der Waals surface area (Å²) in [6.45, 7) is 2.05. The van der Waals surface area contributed by atoms with Crippen molar-refractivity contribution in [2.75, 3.05) is 0 Å². The van der Waals surface area contributed by atoms with Crippen molar-refractivity contribution in [3.05, 3.63) is 77.4 Å². The van der Waals surface area contributed by atoms with Gasteiger partial charge in [-0.3, -0.25) is 4.99 Å². The minimum absolute atomic E-state index is 0.312. The standard InChI is InChI=1S/C20H18F3N/c1-19(13-11-15-5-3-2-4-6-15)14-12-18(24-19)16-7-9-17(10-8-16)20(21,22)23/h2-11,13H,12,14H2,1H3/b13-11+/t19-/m0/s1.